The third-order valence-electron chi connectivity index (χ3n) is 6.33. The Hall–Kier alpha value is -2.00. The molecule has 9 heteroatoms. The molecule has 2 atom stereocenters. The number of hydrazine groups is 1. The summed E-state index contributed by atoms with van der Waals surface area (Å²) >= 11 is 7.36. The van der Waals surface area contributed by atoms with E-state index < -0.39 is 23.0 Å². The number of anilines is 1. The average Bonchev–Trinajstić information content (AvgIpc) is 3.24. The van der Waals surface area contributed by atoms with Gasteiger partial charge in [0.2, 0.25) is 5.13 Å². The fourth-order valence-electron chi connectivity index (χ4n) is 4.34. The molecule has 1 saturated heterocycles. The van der Waals surface area contributed by atoms with Crippen LogP contribution in [0, 0.1) is 11.3 Å². The molecule has 0 radical (unpaired) electrons. The van der Waals surface area contributed by atoms with Crippen LogP contribution in [0.3, 0.4) is 0 Å². The van der Waals surface area contributed by atoms with E-state index in [0.717, 1.165) is 11.8 Å². The van der Waals surface area contributed by atoms with Crippen molar-refractivity contribution in [2.45, 2.75) is 52.7 Å². The summed E-state index contributed by atoms with van der Waals surface area (Å²) in [6.45, 7) is 11.0. The van der Waals surface area contributed by atoms with Gasteiger partial charge in [-0.05, 0) is 37.0 Å². The smallest absolute Gasteiger partial charge is 0.357 e. The Morgan fingerprint density at radius 1 is 1.36 bits per heavy atom. The van der Waals surface area contributed by atoms with Crippen molar-refractivity contribution in [2.24, 2.45) is 11.3 Å². The molecule has 2 aromatic rings. The van der Waals surface area contributed by atoms with Gasteiger partial charge in [-0.25, -0.2) is 14.8 Å². The number of ether oxygens (including phenoxy) is 1. The first-order valence-corrected chi connectivity index (χ1v) is 12.4. The van der Waals surface area contributed by atoms with Crippen LogP contribution in [0.5, 0.6) is 0 Å². The molecule has 1 aliphatic heterocycles. The van der Waals surface area contributed by atoms with Crippen molar-refractivity contribution in [1.29, 1.82) is 0 Å². The van der Waals surface area contributed by atoms with Crippen molar-refractivity contribution in [1.82, 2.24) is 9.99 Å². The van der Waals surface area contributed by atoms with Crippen LogP contribution < -0.4 is 5.01 Å². The second-order valence-electron chi connectivity index (χ2n) is 9.34. The maximum Gasteiger partial charge on any atom is 0.357 e. The highest BCUT2D eigenvalue weighted by molar-refractivity contribution is 7.13. The minimum atomic E-state index is -1.06. The molecule has 2 heterocycles. The van der Waals surface area contributed by atoms with Crippen molar-refractivity contribution in [3.8, 4) is 0 Å². The Balaban J connectivity index is 1.95. The summed E-state index contributed by atoms with van der Waals surface area (Å²) in [5.74, 6) is -0.471. The fourth-order valence-corrected chi connectivity index (χ4v) is 5.33. The molecule has 180 valence electrons. The topological polar surface area (TPSA) is 83.0 Å². The number of hydrogen-bond donors (Lipinski definition) is 1. The SMILES string of the molecule is CCOC(=O)c1csc(N([C@@H](C=O)C(C)C)N2CC[C@](O)(c3ccc(Cl)cc3)C(C)(C)C2)n1. The number of esters is 1. The van der Waals surface area contributed by atoms with Crippen LogP contribution in [-0.4, -0.2) is 53.1 Å². The lowest BCUT2D eigenvalue weighted by molar-refractivity contribution is -0.131. The highest BCUT2D eigenvalue weighted by Gasteiger charge is 2.50. The van der Waals surface area contributed by atoms with Crippen molar-refractivity contribution < 1.29 is 19.4 Å². The lowest BCUT2D eigenvalue weighted by Gasteiger charge is -2.53. The molecule has 0 amide bonds. The molecule has 7 nitrogen and oxygen atoms in total. The fraction of sp³-hybridized carbons (Fsp3) is 0.542. The number of piperidine rings is 1. The van der Waals surface area contributed by atoms with E-state index in [-0.39, 0.29) is 18.2 Å². The van der Waals surface area contributed by atoms with E-state index in [1.165, 1.54) is 11.3 Å². The standard InChI is InChI=1S/C24H32ClN3O4S/c1-6-32-21(30)19-14-33-22(26-19)28(20(13-29)16(2)3)27-12-11-24(31,23(4,5)15-27)17-7-9-18(25)10-8-17/h7-10,13-14,16,20,31H,6,11-12,15H2,1-5H3/t20-,24-/m0/s1. The summed E-state index contributed by atoms with van der Waals surface area (Å²) in [6, 6.07) is 6.84. The molecule has 1 fully saturated rings. The van der Waals surface area contributed by atoms with Crippen molar-refractivity contribution in [2.75, 3.05) is 24.7 Å². The second kappa shape index (κ2) is 10.1. The van der Waals surface area contributed by atoms with E-state index in [0.29, 0.717) is 29.7 Å². The molecule has 1 aromatic carbocycles. The monoisotopic (exact) mass is 493 g/mol. The molecule has 0 saturated carbocycles. The van der Waals surface area contributed by atoms with Crippen molar-refractivity contribution in [3.63, 3.8) is 0 Å². The van der Waals surface area contributed by atoms with Crippen LogP contribution >= 0.6 is 22.9 Å². The molecule has 0 unspecified atom stereocenters. The molecule has 3 rings (SSSR count). The van der Waals surface area contributed by atoms with Gasteiger partial charge in [0.1, 0.15) is 12.3 Å². The quantitative estimate of drug-likeness (QED) is 0.427. The van der Waals surface area contributed by atoms with Gasteiger partial charge in [-0.3, -0.25) is 5.01 Å². The van der Waals surface area contributed by atoms with E-state index >= 15 is 0 Å². The Morgan fingerprint density at radius 2 is 2.03 bits per heavy atom. The van der Waals surface area contributed by atoms with Gasteiger partial charge in [0.05, 0.1) is 12.2 Å². The molecule has 0 bridgehead atoms. The normalized spacial score (nSPS) is 21.6. The Labute approximate surface area is 204 Å². The van der Waals surface area contributed by atoms with Gasteiger partial charge in [0.25, 0.3) is 0 Å². The molecule has 33 heavy (non-hydrogen) atoms. The third-order valence-corrected chi connectivity index (χ3v) is 7.42. The van der Waals surface area contributed by atoms with Crippen LogP contribution in [0.4, 0.5) is 5.13 Å². The van der Waals surface area contributed by atoms with Crippen molar-refractivity contribution >= 4 is 40.3 Å². The number of rotatable bonds is 8. The zero-order valence-electron chi connectivity index (χ0n) is 19.7. The van der Waals surface area contributed by atoms with E-state index in [4.69, 9.17) is 16.3 Å². The summed E-state index contributed by atoms with van der Waals surface area (Å²) in [7, 11) is 0. The van der Waals surface area contributed by atoms with Crippen molar-refractivity contribution in [3.05, 3.63) is 45.9 Å². The number of benzene rings is 1. The largest absolute Gasteiger partial charge is 0.461 e. The van der Waals surface area contributed by atoms with Crippen LogP contribution in [-0.2, 0) is 15.1 Å². The second-order valence-corrected chi connectivity index (χ2v) is 10.6. The summed E-state index contributed by atoms with van der Waals surface area (Å²) in [5.41, 5.74) is -0.571. The van der Waals surface area contributed by atoms with Crippen LogP contribution in [0.25, 0.3) is 0 Å². The van der Waals surface area contributed by atoms with E-state index in [9.17, 15) is 14.7 Å². The number of aromatic nitrogens is 1. The predicted octanol–water partition coefficient (Wildman–Crippen LogP) is 4.54. The lowest BCUT2D eigenvalue weighted by atomic mass is 9.67. The Bertz CT molecular complexity index is 978. The molecule has 1 N–H and O–H groups in total. The number of nitrogens with zero attached hydrogens (tertiary/aromatic N) is 3. The maximum absolute atomic E-state index is 12.2. The maximum atomic E-state index is 12.2. The van der Waals surface area contributed by atoms with Gasteiger partial charge in [-0.2, -0.15) is 0 Å². The van der Waals surface area contributed by atoms with Crippen LogP contribution in [0.1, 0.15) is 57.1 Å². The number of carbonyl (C=O) groups excluding carboxylic acids is 2. The minimum Gasteiger partial charge on any atom is -0.461 e. The summed E-state index contributed by atoms with van der Waals surface area (Å²) < 4.78 is 5.08. The van der Waals surface area contributed by atoms with Gasteiger partial charge in [-0.15, -0.1) is 11.3 Å². The Morgan fingerprint density at radius 3 is 2.58 bits per heavy atom. The first-order valence-electron chi connectivity index (χ1n) is 11.1. The minimum absolute atomic E-state index is 0.0117. The van der Waals surface area contributed by atoms with E-state index in [1.807, 2.05) is 44.8 Å². The molecule has 1 aromatic heterocycles. The van der Waals surface area contributed by atoms with Gasteiger partial charge in [0.15, 0.2) is 5.69 Å². The molecular weight excluding hydrogens is 462 g/mol. The lowest BCUT2D eigenvalue weighted by Crippen LogP contribution is -2.62. The number of thiazole rings is 1. The predicted molar refractivity (Wildman–Crippen MR) is 131 cm³/mol. The first kappa shape index (κ1) is 25.6. The number of aliphatic hydroxyl groups is 1. The summed E-state index contributed by atoms with van der Waals surface area (Å²) in [4.78, 5) is 28.8. The zero-order valence-corrected chi connectivity index (χ0v) is 21.3. The van der Waals surface area contributed by atoms with Crippen LogP contribution in [0.2, 0.25) is 5.02 Å². The first-order chi connectivity index (χ1) is 15.5. The highest BCUT2D eigenvalue weighted by atomic mass is 35.5. The number of hydrogen-bond acceptors (Lipinski definition) is 8. The van der Waals surface area contributed by atoms with Crippen LogP contribution in [0.15, 0.2) is 29.6 Å². The highest BCUT2D eigenvalue weighted by Crippen LogP contribution is 2.47. The molecule has 0 aliphatic carbocycles. The summed E-state index contributed by atoms with van der Waals surface area (Å²) in [5, 5.41) is 18.5. The van der Waals surface area contributed by atoms with E-state index in [2.05, 4.69) is 9.99 Å². The zero-order chi connectivity index (χ0) is 24.4. The number of carbonyl (C=O) groups is 2. The average molecular weight is 494 g/mol. The molecule has 1 aliphatic rings. The molecular formula is C24H32ClN3O4S. The number of aldehydes is 1. The Kier molecular flexibility index (Phi) is 7.84. The third kappa shape index (κ3) is 5.09. The van der Waals surface area contributed by atoms with Gasteiger partial charge in [-0.1, -0.05) is 51.4 Å². The number of halogens is 1. The van der Waals surface area contributed by atoms with Gasteiger partial charge < -0.3 is 14.6 Å². The summed E-state index contributed by atoms with van der Waals surface area (Å²) in [6.07, 6.45) is 1.38. The van der Waals surface area contributed by atoms with Gasteiger partial charge in [0, 0.05) is 28.9 Å². The van der Waals surface area contributed by atoms with E-state index in [1.54, 1.807) is 24.4 Å². The molecule has 0 spiro atoms. The van der Waals surface area contributed by atoms with Gasteiger partial charge >= 0.3 is 5.97 Å².